The summed E-state index contributed by atoms with van der Waals surface area (Å²) in [6.07, 6.45) is 3.04. The van der Waals surface area contributed by atoms with Crippen molar-refractivity contribution in [3.05, 3.63) is 46.3 Å². The van der Waals surface area contributed by atoms with E-state index < -0.39 is 0 Å². The van der Waals surface area contributed by atoms with Gasteiger partial charge in [0.15, 0.2) is 5.15 Å². The minimum Gasteiger partial charge on any atom is -0.436 e. The van der Waals surface area contributed by atoms with Gasteiger partial charge in [-0.15, -0.1) is 0 Å². The van der Waals surface area contributed by atoms with E-state index in [0.717, 1.165) is 4.47 Å². The molecule has 76 valence electrons. The van der Waals surface area contributed by atoms with E-state index in [1.165, 1.54) is 12.4 Å². The van der Waals surface area contributed by atoms with Crippen molar-refractivity contribution in [3.8, 4) is 11.6 Å². The summed E-state index contributed by atoms with van der Waals surface area (Å²) in [5, 5.41) is 0.250. The van der Waals surface area contributed by atoms with Crippen LogP contribution in [0.5, 0.6) is 11.6 Å². The van der Waals surface area contributed by atoms with E-state index in [2.05, 4.69) is 25.9 Å². The Hall–Kier alpha value is -1.13. The Labute approximate surface area is 100 Å². The Morgan fingerprint density at radius 1 is 1.07 bits per heavy atom. The fourth-order valence-corrected chi connectivity index (χ4v) is 1.40. The van der Waals surface area contributed by atoms with Gasteiger partial charge in [0.2, 0.25) is 0 Å². The zero-order valence-corrected chi connectivity index (χ0v) is 9.86. The van der Waals surface area contributed by atoms with Gasteiger partial charge >= 0.3 is 0 Å². The number of benzene rings is 1. The number of halogens is 2. The van der Waals surface area contributed by atoms with Gasteiger partial charge in [-0.1, -0.05) is 27.5 Å². The molecule has 0 spiro atoms. The Kier molecular flexibility index (Phi) is 3.18. The minimum atomic E-state index is 0.250. The van der Waals surface area contributed by atoms with Crippen molar-refractivity contribution in [2.24, 2.45) is 0 Å². The lowest BCUT2D eigenvalue weighted by molar-refractivity contribution is 0.460. The lowest BCUT2D eigenvalue weighted by Gasteiger charge is -2.04. The van der Waals surface area contributed by atoms with Crippen LogP contribution < -0.4 is 4.74 Å². The summed E-state index contributed by atoms with van der Waals surface area (Å²) < 4.78 is 6.42. The third kappa shape index (κ3) is 2.67. The van der Waals surface area contributed by atoms with Gasteiger partial charge in [0.25, 0.3) is 5.88 Å². The molecule has 0 unspecified atom stereocenters. The molecule has 0 aliphatic heterocycles. The van der Waals surface area contributed by atoms with E-state index in [9.17, 15) is 0 Å². The number of nitrogens with zero attached hydrogens (tertiary/aromatic N) is 2. The lowest BCUT2D eigenvalue weighted by Crippen LogP contribution is -1.89. The fraction of sp³-hybridized carbons (Fsp3) is 0. The molecule has 0 aliphatic carbocycles. The van der Waals surface area contributed by atoms with Gasteiger partial charge in [0.1, 0.15) is 5.75 Å². The van der Waals surface area contributed by atoms with Crippen LogP contribution in [0.15, 0.2) is 41.1 Å². The highest BCUT2D eigenvalue weighted by molar-refractivity contribution is 9.10. The van der Waals surface area contributed by atoms with Crippen LogP contribution in [0, 0.1) is 0 Å². The van der Waals surface area contributed by atoms with Crippen molar-refractivity contribution in [1.82, 2.24) is 9.97 Å². The lowest BCUT2D eigenvalue weighted by atomic mass is 10.3. The van der Waals surface area contributed by atoms with Crippen LogP contribution in [0.25, 0.3) is 0 Å². The van der Waals surface area contributed by atoms with Gasteiger partial charge in [-0.3, -0.25) is 0 Å². The van der Waals surface area contributed by atoms with Gasteiger partial charge in [0, 0.05) is 16.9 Å². The van der Waals surface area contributed by atoms with Crippen molar-refractivity contribution in [2.75, 3.05) is 0 Å². The molecule has 2 rings (SSSR count). The molecule has 0 saturated heterocycles. The quantitative estimate of drug-likeness (QED) is 0.844. The van der Waals surface area contributed by atoms with E-state index in [1.807, 2.05) is 24.3 Å². The van der Waals surface area contributed by atoms with E-state index in [4.69, 9.17) is 16.3 Å². The average Bonchev–Trinajstić information content (AvgIpc) is 2.25. The molecule has 0 aliphatic rings. The smallest absolute Gasteiger partial charge is 0.257 e. The second-order valence-electron chi connectivity index (χ2n) is 2.71. The molecule has 0 radical (unpaired) electrons. The average molecular weight is 286 g/mol. The number of aromatic nitrogens is 2. The van der Waals surface area contributed by atoms with Crippen LogP contribution in [0.4, 0.5) is 0 Å². The molecule has 3 nitrogen and oxygen atoms in total. The van der Waals surface area contributed by atoms with Crippen LogP contribution in [-0.4, -0.2) is 9.97 Å². The molecule has 0 saturated carbocycles. The van der Waals surface area contributed by atoms with Crippen molar-refractivity contribution in [3.63, 3.8) is 0 Å². The molecule has 0 fully saturated rings. The second kappa shape index (κ2) is 4.59. The van der Waals surface area contributed by atoms with E-state index in [1.54, 1.807) is 0 Å². The monoisotopic (exact) mass is 284 g/mol. The molecule has 1 aromatic heterocycles. The standard InChI is InChI=1S/C10H6BrClN2O/c11-7-1-3-8(4-2-7)15-10-9(12)13-5-6-14-10/h1-6H. The molecule has 0 bridgehead atoms. The van der Waals surface area contributed by atoms with Gasteiger partial charge < -0.3 is 4.74 Å². The first-order valence-corrected chi connectivity index (χ1v) is 5.33. The van der Waals surface area contributed by atoms with Crippen molar-refractivity contribution in [2.45, 2.75) is 0 Å². The topological polar surface area (TPSA) is 35.0 Å². The van der Waals surface area contributed by atoms with Crippen molar-refractivity contribution in [1.29, 1.82) is 0 Å². The predicted molar refractivity (Wildman–Crippen MR) is 61.3 cm³/mol. The Morgan fingerprint density at radius 3 is 2.40 bits per heavy atom. The van der Waals surface area contributed by atoms with Crippen LogP contribution in [-0.2, 0) is 0 Å². The highest BCUT2D eigenvalue weighted by atomic mass is 79.9. The molecule has 0 amide bonds. The number of ether oxygens (including phenoxy) is 1. The Balaban J connectivity index is 2.22. The predicted octanol–water partition coefficient (Wildman–Crippen LogP) is 3.68. The molecular formula is C10H6BrClN2O. The molecule has 2 aromatic rings. The van der Waals surface area contributed by atoms with Crippen LogP contribution in [0.3, 0.4) is 0 Å². The molecular weight excluding hydrogens is 279 g/mol. The zero-order chi connectivity index (χ0) is 10.7. The minimum absolute atomic E-state index is 0.250. The first-order valence-electron chi connectivity index (χ1n) is 4.15. The highest BCUT2D eigenvalue weighted by Gasteiger charge is 2.04. The Bertz CT molecular complexity index is 461. The normalized spacial score (nSPS) is 10.0. The van der Waals surface area contributed by atoms with Crippen LogP contribution >= 0.6 is 27.5 Å². The van der Waals surface area contributed by atoms with Gasteiger partial charge in [-0.25, -0.2) is 9.97 Å². The number of hydrogen-bond donors (Lipinski definition) is 0. The number of hydrogen-bond acceptors (Lipinski definition) is 3. The maximum absolute atomic E-state index is 5.80. The highest BCUT2D eigenvalue weighted by Crippen LogP contribution is 2.25. The van der Waals surface area contributed by atoms with Crippen molar-refractivity contribution < 1.29 is 4.74 Å². The summed E-state index contributed by atoms with van der Waals surface area (Å²) in [4.78, 5) is 7.83. The summed E-state index contributed by atoms with van der Waals surface area (Å²) in [5.74, 6) is 0.974. The molecule has 1 heterocycles. The first-order chi connectivity index (χ1) is 7.25. The molecule has 15 heavy (non-hydrogen) atoms. The van der Waals surface area contributed by atoms with Crippen LogP contribution in [0.1, 0.15) is 0 Å². The van der Waals surface area contributed by atoms with Gasteiger partial charge in [0.05, 0.1) is 0 Å². The van der Waals surface area contributed by atoms with E-state index in [0.29, 0.717) is 11.6 Å². The van der Waals surface area contributed by atoms with Crippen molar-refractivity contribution >= 4 is 27.5 Å². The molecule has 0 N–H and O–H groups in total. The maximum atomic E-state index is 5.80. The van der Waals surface area contributed by atoms with Crippen LogP contribution in [0.2, 0.25) is 5.15 Å². The van der Waals surface area contributed by atoms with Gasteiger partial charge in [-0.05, 0) is 24.3 Å². The summed E-state index contributed by atoms with van der Waals surface area (Å²) in [7, 11) is 0. The largest absolute Gasteiger partial charge is 0.436 e. The van der Waals surface area contributed by atoms with Gasteiger partial charge in [-0.2, -0.15) is 0 Å². The SMILES string of the molecule is Clc1nccnc1Oc1ccc(Br)cc1. The van der Waals surface area contributed by atoms with E-state index >= 15 is 0 Å². The van der Waals surface area contributed by atoms with E-state index in [-0.39, 0.29) is 5.15 Å². The summed E-state index contributed by atoms with van der Waals surface area (Å²) in [5.41, 5.74) is 0. The summed E-state index contributed by atoms with van der Waals surface area (Å²) >= 11 is 9.13. The number of rotatable bonds is 2. The molecule has 1 aromatic carbocycles. The third-order valence-electron chi connectivity index (χ3n) is 1.65. The molecule has 5 heteroatoms. The molecule has 0 atom stereocenters. The summed E-state index contributed by atoms with van der Waals surface area (Å²) in [6.45, 7) is 0. The first kappa shape index (κ1) is 10.4. The zero-order valence-electron chi connectivity index (χ0n) is 7.52. The Morgan fingerprint density at radius 2 is 1.73 bits per heavy atom. The fourth-order valence-electron chi connectivity index (χ4n) is 0.991. The second-order valence-corrected chi connectivity index (χ2v) is 3.98. The maximum Gasteiger partial charge on any atom is 0.257 e. The summed E-state index contributed by atoms with van der Waals surface area (Å²) in [6, 6.07) is 7.38. The third-order valence-corrected chi connectivity index (χ3v) is 2.44.